The standard InChI is InChI=1S/C11H20N3O3PS/c1-6-16-18(15,17-7-2)19-10-8-9(3)12-11(13-10)14(4)5/h8H,6-7H2,1-5H3. The number of hydrogen-bond donors (Lipinski definition) is 0. The van der Waals surface area contributed by atoms with Crippen molar-refractivity contribution < 1.29 is 13.6 Å². The van der Waals surface area contributed by atoms with Crippen molar-refractivity contribution in [3.8, 4) is 0 Å². The van der Waals surface area contributed by atoms with E-state index in [1.165, 1.54) is 0 Å². The van der Waals surface area contributed by atoms with Crippen LogP contribution in [0.1, 0.15) is 19.5 Å². The van der Waals surface area contributed by atoms with E-state index in [0.717, 1.165) is 17.1 Å². The van der Waals surface area contributed by atoms with Gasteiger partial charge in [0.25, 0.3) is 0 Å². The number of aryl methyl sites for hydroxylation is 1. The van der Waals surface area contributed by atoms with Crippen LogP contribution in [0.25, 0.3) is 0 Å². The molecular formula is C11H20N3O3PS. The second-order valence-electron chi connectivity index (χ2n) is 3.92. The van der Waals surface area contributed by atoms with Crippen molar-refractivity contribution in [1.82, 2.24) is 9.97 Å². The first-order chi connectivity index (χ1) is 8.90. The van der Waals surface area contributed by atoms with Gasteiger partial charge in [-0.3, -0.25) is 0 Å². The summed E-state index contributed by atoms with van der Waals surface area (Å²) >= 11 is 1.02. The normalized spacial score (nSPS) is 11.6. The molecule has 0 aromatic carbocycles. The topological polar surface area (TPSA) is 64.6 Å². The summed E-state index contributed by atoms with van der Waals surface area (Å²) < 4.78 is 22.9. The molecule has 0 radical (unpaired) electrons. The minimum atomic E-state index is -3.20. The molecule has 0 saturated carbocycles. The molecule has 0 unspecified atom stereocenters. The highest BCUT2D eigenvalue weighted by atomic mass is 32.7. The van der Waals surface area contributed by atoms with Crippen LogP contribution in [0.4, 0.5) is 5.95 Å². The molecule has 0 bridgehead atoms. The lowest BCUT2D eigenvalue weighted by Gasteiger charge is -2.17. The number of hydrogen-bond acceptors (Lipinski definition) is 7. The zero-order chi connectivity index (χ0) is 14.5. The van der Waals surface area contributed by atoms with Crippen molar-refractivity contribution in [3.63, 3.8) is 0 Å². The minimum absolute atomic E-state index is 0.328. The van der Waals surface area contributed by atoms with Crippen LogP contribution in [0.5, 0.6) is 0 Å². The van der Waals surface area contributed by atoms with E-state index in [2.05, 4.69) is 9.97 Å². The number of nitrogens with zero attached hydrogens (tertiary/aromatic N) is 3. The molecule has 1 rings (SSSR count). The second kappa shape index (κ2) is 7.24. The van der Waals surface area contributed by atoms with Crippen molar-refractivity contribution >= 4 is 24.1 Å². The van der Waals surface area contributed by atoms with Crippen molar-refractivity contribution in [2.45, 2.75) is 25.8 Å². The molecule has 6 nitrogen and oxygen atoms in total. The van der Waals surface area contributed by atoms with Gasteiger partial charge in [-0.05, 0) is 26.8 Å². The Kier molecular flexibility index (Phi) is 6.26. The number of anilines is 1. The molecule has 19 heavy (non-hydrogen) atoms. The Bertz CT molecular complexity index is 460. The fraction of sp³-hybridized carbons (Fsp3) is 0.636. The van der Waals surface area contributed by atoms with Crippen molar-refractivity contribution in [2.75, 3.05) is 32.2 Å². The van der Waals surface area contributed by atoms with Crippen molar-refractivity contribution in [1.29, 1.82) is 0 Å². The molecule has 0 spiro atoms. The molecule has 0 amide bonds. The molecule has 0 aliphatic heterocycles. The predicted molar refractivity (Wildman–Crippen MR) is 77.8 cm³/mol. The molecule has 1 heterocycles. The van der Waals surface area contributed by atoms with E-state index in [0.29, 0.717) is 24.2 Å². The fourth-order valence-corrected chi connectivity index (χ4v) is 4.60. The Morgan fingerprint density at radius 3 is 2.32 bits per heavy atom. The molecule has 0 fully saturated rings. The van der Waals surface area contributed by atoms with E-state index < -0.39 is 6.80 Å². The molecule has 1 aromatic heterocycles. The summed E-state index contributed by atoms with van der Waals surface area (Å²) in [5.74, 6) is 0.571. The molecule has 0 aliphatic carbocycles. The molecule has 108 valence electrons. The molecule has 0 aliphatic rings. The summed E-state index contributed by atoms with van der Waals surface area (Å²) in [6, 6.07) is 1.77. The Labute approximate surface area is 118 Å². The van der Waals surface area contributed by atoms with Crippen LogP contribution in [0, 0.1) is 6.92 Å². The number of rotatable bonds is 7. The monoisotopic (exact) mass is 305 g/mol. The van der Waals surface area contributed by atoms with Gasteiger partial charge in [0.05, 0.1) is 13.2 Å². The maximum atomic E-state index is 12.4. The summed E-state index contributed by atoms with van der Waals surface area (Å²) in [6.45, 7) is 2.88. The van der Waals surface area contributed by atoms with Gasteiger partial charge in [0.15, 0.2) is 0 Å². The van der Waals surface area contributed by atoms with Crippen LogP contribution in [-0.2, 0) is 13.6 Å². The van der Waals surface area contributed by atoms with Gasteiger partial charge in [-0.25, -0.2) is 14.5 Å². The average molecular weight is 305 g/mol. The molecule has 8 heteroatoms. The summed E-state index contributed by atoms with van der Waals surface area (Å²) in [5, 5.41) is 0.585. The van der Waals surface area contributed by atoms with Gasteiger partial charge in [-0.15, -0.1) is 0 Å². The molecule has 0 saturated heterocycles. The Balaban J connectivity index is 2.99. The van der Waals surface area contributed by atoms with Crippen LogP contribution in [-0.4, -0.2) is 37.3 Å². The zero-order valence-electron chi connectivity index (χ0n) is 11.9. The van der Waals surface area contributed by atoms with Gasteiger partial charge < -0.3 is 13.9 Å². The van der Waals surface area contributed by atoms with Crippen LogP contribution < -0.4 is 4.90 Å². The summed E-state index contributed by atoms with van der Waals surface area (Å²) in [5.41, 5.74) is 0.806. The summed E-state index contributed by atoms with van der Waals surface area (Å²) in [7, 11) is 3.71. The second-order valence-corrected chi connectivity index (χ2v) is 7.82. The van der Waals surface area contributed by atoms with Gasteiger partial charge in [0.1, 0.15) is 5.03 Å². The van der Waals surface area contributed by atoms with E-state index in [-0.39, 0.29) is 0 Å². The van der Waals surface area contributed by atoms with Gasteiger partial charge in [-0.2, -0.15) is 0 Å². The molecular weight excluding hydrogens is 285 g/mol. The third-order valence-electron chi connectivity index (χ3n) is 2.00. The smallest absolute Gasteiger partial charge is 0.347 e. The van der Waals surface area contributed by atoms with Crippen LogP contribution in [0.2, 0.25) is 0 Å². The lowest BCUT2D eigenvalue weighted by Crippen LogP contribution is -2.13. The first-order valence-electron chi connectivity index (χ1n) is 6.02. The third kappa shape index (κ3) is 5.10. The Morgan fingerprint density at radius 2 is 1.84 bits per heavy atom. The Morgan fingerprint density at radius 1 is 1.26 bits per heavy atom. The van der Waals surface area contributed by atoms with Crippen molar-refractivity contribution in [2.24, 2.45) is 0 Å². The lowest BCUT2D eigenvalue weighted by molar-refractivity contribution is 0.237. The van der Waals surface area contributed by atoms with Gasteiger partial charge in [0, 0.05) is 31.2 Å². The summed E-state index contributed by atoms with van der Waals surface area (Å²) in [4.78, 5) is 10.4. The third-order valence-corrected chi connectivity index (χ3v) is 5.63. The maximum absolute atomic E-state index is 12.4. The SMILES string of the molecule is CCOP(=O)(OCC)Sc1cc(C)nc(N(C)C)n1. The van der Waals surface area contributed by atoms with E-state index in [4.69, 9.17) is 9.05 Å². The maximum Gasteiger partial charge on any atom is 0.395 e. The zero-order valence-corrected chi connectivity index (χ0v) is 13.6. The quantitative estimate of drug-likeness (QED) is 0.566. The van der Waals surface area contributed by atoms with E-state index >= 15 is 0 Å². The average Bonchev–Trinajstić information content (AvgIpc) is 2.28. The van der Waals surface area contributed by atoms with E-state index in [9.17, 15) is 4.57 Å². The first kappa shape index (κ1) is 16.4. The van der Waals surface area contributed by atoms with Crippen molar-refractivity contribution in [3.05, 3.63) is 11.8 Å². The van der Waals surface area contributed by atoms with Crippen LogP contribution in [0.3, 0.4) is 0 Å². The van der Waals surface area contributed by atoms with Crippen LogP contribution in [0.15, 0.2) is 11.1 Å². The minimum Gasteiger partial charge on any atom is -0.347 e. The molecule has 1 aromatic rings. The summed E-state index contributed by atoms with van der Waals surface area (Å²) in [6.07, 6.45) is 0. The highest BCUT2D eigenvalue weighted by Gasteiger charge is 2.27. The van der Waals surface area contributed by atoms with E-state index in [1.54, 1.807) is 24.8 Å². The fourth-order valence-electron chi connectivity index (χ4n) is 1.29. The number of aromatic nitrogens is 2. The highest BCUT2D eigenvalue weighted by Crippen LogP contribution is 2.63. The van der Waals surface area contributed by atoms with E-state index in [1.807, 2.05) is 21.0 Å². The van der Waals surface area contributed by atoms with Gasteiger partial charge in [-0.1, -0.05) is 0 Å². The van der Waals surface area contributed by atoms with Gasteiger partial charge >= 0.3 is 6.80 Å². The first-order valence-corrected chi connectivity index (χ1v) is 8.98. The van der Waals surface area contributed by atoms with Crippen LogP contribution >= 0.6 is 18.2 Å². The highest BCUT2D eigenvalue weighted by molar-refractivity contribution is 8.55. The molecule has 0 N–H and O–H groups in total. The predicted octanol–water partition coefficient (Wildman–Crippen LogP) is 3.12. The lowest BCUT2D eigenvalue weighted by atomic mass is 10.4. The Hall–Kier alpha value is -0.620. The van der Waals surface area contributed by atoms with Gasteiger partial charge in [0.2, 0.25) is 5.95 Å². The largest absolute Gasteiger partial charge is 0.395 e. The molecule has 0 atom stereocenters.